The summed E-state index contributed by atoms with van der Waals surface area (Å²) in [5.74, 6) is -3.90. The zero-order chi connectivity index (χ0) is 30.8. The number of tetrazole rings is 1. The lowest BCUT2D eigenvalue weighted by Gasteiger charge is -2.49. The molecule has 43 heavy (non-hydrogen) atoms. The summed E-state index contributed by atoms with van der Waals surface area (Å²) >= 11 is 2.53. The second-order valence-electron chi connectivity index (χ2n) is 9.66. The van der Waals surface area contributed by atoms with Crippen molar-refractivity contribution in [1.29, 1.82) is 0 Å². The first kappa shape index (κ1) is 30.0. The molecule has 6 amide bonds. The lowest BCUT2D eigenvalue weighted by Crippen LogP contribution is -2.71. The number of amides is 6. The second-order valence-corrected chi connectivity index (χ2v) is 11.7. The predicted molar refractivity (Wildman–Crippen MR) is 151 cm³/mol. The third-order valence-electron chi connectivity index (χ3n) is 7.10. The van der Waals surface area contributed by atoms with Gasteiger partial charge in [0.25, 0.3) is 5.91 Å². The maximum atomic E-state index is 13.5. The molecule has 3 aliphatic heterocycles. The average Bonchev–Trinajstić information content (AvgIpc) is 3.42. The molecule has 0 saturated carbocycles. The van der Waals surface area contributed by atoms with Crippen molar-refractivity contribution in [2.45, 2.75) is 29.5 Å². The van der Waals surface area contributed by atoms with Crippen LogP contribution in [0.25, 0.3) is 0 Å². The summed E-state index contributed by atoms with van der Waals surface area (Å²) < 4.78 is 1.45. The Bertz CT molecular complexity index is 1520. The van der Waals surface area contributed by atoms with E-state index < -0.39 is 53.1 Å². The number of nitrogens with one attached hydrogen (secondary N) is 2. The molecule has 5 rings (SSSR count). The molecule has 1 aromatic carbocycles. The molecule has 1 aromatic heterocycles. The lowest BCUT2D eigenvalue weighted by molar-refractivity contribution is -0.153. The van der Waals surface area contributed by atoms with Gasteiger partial charge in [0.1, 0.15) is 23.2 Å². The average molecular weight is 630 g/mol. The SMILES string of the molecule is CCN1CCN(C(=O)N[C@@H](C(=O)N[C@@H]2C(=O)N3C(C(=O)O)=C(CSc4nnnn4C)CS[C@H]23)c2ccccc2)C(=O)C1=O. The van der Waals surface area contributed by atoms with Crippen molar-refractivity contribution in [2.24, 2.45) is 7.05 Å². The third kappa shape index (κ3) is 5.79. The van der Waals surface area contributed by atoms with Crippen LogP contribution in [0.2, 0.25) is 0 Å². The number of hydrogen-bond donors (Lipinski definition) is 3. The third-order valence-corrected chi connectivity index (χ3v) is 9.54. The van der Waals surface area contributed by atoms with Crippen LogP contribution in [0.5, 0.6) is 0 Å². The number of benzene rings is 1. The van der Waals surface area contributed by atoms with Crippen LogP contribution >= 0.6 is 23.5 Å². The Balaban J connectivity index is 1.30. The zero-order valence-electron chi connectivity index (χ0n) is 23.0. The van der Waals surface area contributed by atoms with Crippen molar-refractivity contribution >= 4 is 59.2 Å². The number of imide groups is 1. The highest BCUT2D eigenvalue weighted by atomic mass is 32.2. The number of carbonyl (C=O) groups is 6. The molecule has 0 radical (unpaired) electrons. The summed E-state index contributed by atoms with van der Waals surface area (Å²) in [6, 6.07) is 4.94. The van der Waals surface area contributed by atoms with E-state index in [1.807, 2.05) is 0 Å². The van der Waals surface area contributed by atoms with Crippen molar-refractivity contribution in [3.63, 3.8) is 0 Å². The van der Waals surface area contributed by atoms with E-state index in [2.05, 4.69) is 26.2 Å². The van der Waals surface area contributed by atoms with Gasteiger partial charge in [0.2, 0.25) is 11.1 Å². The number of likely N-dealkylation sites (N-methyl/N-ethyl adjacent to an activating group) is 1. The Morgan fingerprint density at radius 2 is 1.88 bits per heavy atom. The number of nitrogens with zero attached hydrogens (tertiary/aromatic N) is 7. The molecule has 0 aliphatic carbocycles. The number of fused-ring (bicyclic) bond motifs is 1. The molecule has 3 aliphatic rings. The molecule has 0 spiro atoms. The summed E-state index contributed by atoms with van der Waals surface area (Å²) in [4.78, 5) is 80.2. The van der Waals surface area contributed by atoms with Gasteiger partial charge in [0, 0.05) is 38.2 Å². The van der Waals surface area contributed by atoms with Crippen LogP contribution in [0.15, 0.2) is 46.8 Å². The van der Waals surface area contributed by atoms with Crippen molar-refractivity contribution in [2.75, 3.05) is 31.1 Å². The van der Waals surface area contributed by atoms with Gasteiger partial charge in [-0.2, -0.15) is 0 Å². The Morgan fingerprint density at radius 1 is 1.14 bits per heavy atom. The molecule has 4 heterocycles. The largest absolute Gasteiger partial charge is 0.477 e. The van der Waals surface area contributed by atoms with E-state index in [1.165, 1.54) is 33.1 Å². The Morgan fingerprint density at radius 3 is 2.53 bits per heavy atom. The minimum Gasteiger partial charge on any atom is -0.477 e. The van der Waals surface area contributed by atoms with Crippen LogP contribution < -0.4 is 10.6 Å². The van der Waals surface area contributed by atoms with Gasteiger partial charge >= 0.3 is 23.8 Å². The monoisotopic (exact) mass is 629 g/mol. The number of hydrogen-bond acceptors (Lipinski definition) is 11. The van der Waals surface area contributed by atoms with Gasteiger partial charge in [-0.3, -0.25) is 29.0 Å². The number of aliphatic carboxylic acids is 1. The fourth-order valence-corrected chi connectivity index (χ4v) is 7.18. The smallest absolute Gasteiger partial charge is 0.352 e. The van der Waals surface area contributed by atoms with Crippen molar-refractivity contribution < 1.29 is 33.9 Å². The Kier molecular flexibility index (Phi) is 8.67. The van der Waals surface area contributed by atoms with Crippen molar-refractivity contribution in [3.8, 4) is 0 Å². The number of β-lactam (4-membered cyclic amide) rings is 1. The van der Waals surface area contributed by atoms with E-state index in [4.69, 9.17) is 0 Å². The van der Waals surface area contributed by atoms with E-state index in [0.29, 0.717) is 28.6 Å². The second kappa shape index (κ2) is 12.4. The molecule has 2 fully saturated rings. The van der Waals surface area contributed by atoms with Crippen LogP contribution in [0, 0.1) is 0 Å². The highest BCUT2D eigenvalue weighted by Crippen LogP contribution is 2.41. The number of aromatic nitrogens is 4. The van der Waals surface area contributed by atoms with Gasteiger partial charge in [-0.1, -0.05) is 42.1 Å². The van der Waals surface area contributed by atoms with Gasteiger partial charge in [0.05, 0.1) is 0 Å². The van der Waals surface area contributed by atoms with Crippen LogP contribution in [0.1, 0.15) is 18.5 Å². The number of piperazine rings is 1. The highest BCUT2D eigenvalue weighted by Gasteiger charge is 2.54. The van der Waals surface area contributed by atoms with Gasteiger partial charge in [-0.15, -0.1) is 16.9 Å². The number of aryl methyl sites for hydroxylation is 1. The molecule has 2 saturated heterocycles. The van der Waals surface area contributed by atoms with E-state index in [0.717, 1.165) is 9.80 Å². The summed E-state index contributed by atoms with van der Waals surface area (Å²) in [6.45, 7) is 2.16. The van der Waals surface area contributed by atoms with E-state index in [1.54, 1.807) is 44.3 Å². The number of carbonyl (C=O) groups excluding carboxylic acids is 5. The van der Waals surface area contributed by atoms with Gasteiger partial charge in [0.15, 0.2) is 0 Å². The molecule has 2 aromatic rings. The summed E-state index contributed by atoms with van der Waals surface area (Å²) in [5, 5.41) is 26.1. The van der Waals surface area contributed by atoms with Crippen molar-refractivity contribution in [1.82, 2.24) is 45.5 Å². The quantitative estimate of drug-likeness (QED) is 0.177. The number of urea groups is 1. The zero-order valence-corrected chi connectivity index (χ0v) is 24.6. The van der Waals surface area contributed by atoms with Crippen LogP contribution in [-0.4, -0.2) is 118 Å². The number of carboxylic acids is 1. The highest BCUT2D eigenvalue weighted by molar-refractivity contribution is 8.01. The minimum absolute atomic E-state index is 0.0414. The molecule has 3 N–H and O–H groups in total. The van der Waals surface area contributed by atoms with Crippen LogP contribution in [-0.2, 0) is 31.0 Å². The first-order valence-corrected chi connectivity index (χ1v) is 15.2. The van der Waals surface area contributed by atoms with Gasteiger partial charge < -0.3 is 20.6 Å². The van der Waals surface area contributed by atoms with Gasteiger partial charge in [-0.05, 0) is 28.5 Å². The fraction of sp³-hybridized carbons (Fsp3) is 0.400. The topological polar surface area (TPSA) is 200 Å². The fourth-order valence-electron chi connectivity index (χ4n) is 4.84. The standard InChI is InChI=1S/C25H27N9O7S2/c1-3-32-9-10-33(21(38)20(32)37)24(41)27-15(13-7-5-4-6-8-13)18(35)26-16-19(36)34-17(23(39)40)14(11-42-22(16)34)12-43-25-28-29-30-31(25)2/h4-8,15-16,22H,3,9-12H2,1-2H3,(H,26,35)(H,27,41)(H,39,40)/t15-,16-,22-/m1/s1. The maximum Gasteiger partial charge on any atom is 0.352 e. The molecule has 16 nitrogen and oxygen atoms in total. The number of carboxylic acid groups (broad SMARTS) is 1. The number of thioether (sulfide) groups is 2. The molecule has 0 bridgehead atoms. The minimum atomic E-state index is -1.31. The normalized spacial score (nSPS) is 20.9. The lowest BCUT2D eigenvalue weighted by atomic mass is 10.0. The van der Waals surface area contributed by atoms with Gasteiger partial charge in [-0.25, -0.2) is 14.3 Å². The number of rotatable bonds is 9. The maximum absolute atomic E-state index is 13.5. The van der Waals surface area contributed by atoms with E-state index in [-0.39, 0.29) is 24.5 Å². The van der Waals surface area contributed by atoms with Crippen LogP contribution in [0.4, 0.5) is 4.79 Å². The molecular weight excluding hydrogens is 602 g/mol. The first-order chi connectivity index (χ1) is 20.6. The summed E-state index contributed by atoms with van der Waals surface area (Å²) in [6.07, 6.45) is 0. The Labute approximate surface area is 253 Å². The van der Waals surface area contributed by atoms with E-state index >= 15 is 0 Å². The van der Waals surface area contributed by atoms with E-state index in [9.17, 15) is 33.9 Å². The molecule has 0 unspecified atom stereocenters. The summed E-state index contributed by atoms with van der Waals surface area (Å²) in [5.41, 5.74) is 0.740. The Hall–Kier alpha value is -4.45. The molecule has 3 atom stereocenters. The molecule has 226 valence electrons. The predicted octanol–water partition coefficient (Wildman–Crippen LogP) is -0.818. The molecule has 18 heteroatoms. The van der Waals surface area contributed by atoms with Crippen molar-refractivity contribution in [3.05, 3.63) is 47.2 Å². The summed E-state index contributed by atoms with van der Waals surface area (Å²) in [7, 11) is 1.65. The van der Waals surface area contributed by atoms with Crippen LogP contribution in [0.3, 0.4) is 0 Å². The molecular formula is C25H27N9O7S2. The first-order valence-electron chi connectivity index (χ1n) is 13.1.